The van der Waals surface area contributed by atoms with E-state index in [-0.39, 0.29) is 11.5 Å². The maximum absolute atomic E-state index is 12.9. The molecule has 0 saturated carbocycles. The van der Waals surface area contributed by atoms with Gasteiger partial charge >= 0.3 is 0 Å². The summed E-state index contributed by atoms with van der Waals surface area (Å²) < 4.78 is 18.3. The summed E-state index contributed by atoms with van der Waals surface area (Å²) in [4.78, 5) is 10.5. The lowest BCUT2D eigenvalue weighted by atomic mass is 10.1. The van der Waals surface area contributed by atoms with Crippen molar-refractivity contribution in [2.75, 3.05) is 0 Å². The molecule has 2 aromatic rings. The Kier molecular flexibility index (Phi) is 2.64. The number of hydrogen-bond donors (Lipinski definition) is 0. The summed E-state index contributed by atoms with van der Waals surface area (Å²) >= 11 is 3.16. The van der Waals surface area contributed by atoms with Crippen LogP contribution >= 0.6 is 15.9 Å². The number of aldehydes is 1. The topological polar surface area (TPSA) is 43.1 Å². The van der Waals surface area contributed by atoms with E-state index < -0.39 is 0 Å². The van der Waals surface area contributed by atoms with Crippen LogP contribution in [0.1, 0.15) is 10.5 Å². The molecule has 0 aliphatic rings. The Balaban J connectivity index is 2.54. The average Bonchev–Trinajstić information content (AvgIpc) is 2.59. The molecule has 3 nitrogen and oxygen atoms in total. The van der Waals surface area contributed by atoms with E-state index in [0.717, 1.165) is 0 Å². The van der Waals surface area contributed by atoms with Crippen LogP contribution in [0.3, 0.4) is 0 Å². The van der Waals surface area contributed by atoms with E-state index in [1.807, 2.05) is 0 Å². The lowest BCUT2D eigenvalue weighted by Gasteiger charge is -1.95. The minimum absolute atomic E-state index is 0.161. The van der Waals surface area contributed by atoms with E-state index in [0.29, 0.717) is 22.1 Å². The molecular weight excluding hydrogens is 265 g/mol. The fraction of sp³-hybridized carbons (Fsp3) is 0. The number of nitrogens with zero attached hydrogens (tertiary/aromatic N) is 1. The van der Waals surface area contributed by atoms with E-state index in [9.17, 15) is 9.18 Å². The van der Waals surface area contributed by atoms with Crippen molar-refractivity contribution in [1.82, 2.24) is 5.16 Å². The first-order valence-corrected chi connectivity index (χ1v) is 4.88. The van der Waals surface area contributed by atoms with Gasteiger partial charge in [-0.3, -0.25) is 4.79 Å². The third kappa shape index (κ3) is 1.83. The molecule has 1 aromatic heterocycles. The van der Waals surface area contributed by atoms with Gasteiger partial charge in [0.25, 0.3) is 0 Å². The Morgan fingerprint density at radius 3 is 2.87 bits per heavy atom. The molecule has 0 spiro atoms. The summed E-state index contributed by atoms with van der Waals surface area (Å²) in [6.07, 6.45) is 0.566. The zero-order valence-corrected chi connectivity index (χ0v) is 8.99. The molecule has 0 unspecified atom stereocenters. The van der Waals surface area contributed by atoms with Crippen LogP contribution in [0.25, 0.3) is 11.3 Å². The van der Waals surface area contributed by atoms with Crippen LogP contribution < -0.4 is 0 Å². The van der Waals surface area contributed by atoms with Crippen LogP contribution in [0.15, 0.2) is 33.3 Å². The Bertz CT molecular complexity index is 510. The molecule has 15 heavy (non-hydrogen) atoms. The molecule has 0 aliphatic heterocycles. The molecular formula is C10H5BrFNO2. The highest BCUT2D eigenvalue weighted by molar-refractivity contribution is 9.10. The normalized spacial score (nSPS) is 10.3. The molecule has 0 saturated heterocycles. The molecule has 0 atom stereocenters. The smallest absolute Gasteiger partial charge is 0.181 e. The van der Waals surface area contributed by atoms with Crippen molar-refractivity contribution in [2.45, 2.75) is 0 Å². The molecule has 0 amide bonds. The highest BCUT2D eigenvalue weighted by atomic mass is 79.9. The van der Waals surface area contributed by atoms with Crippen molar-refractivity contribution in [2.24, 2.45) is 0 Å². The van der Waals surface area contributed by atoms with Gasteiger partial charge in [-0.1, -0.05) is 17.3 Å². The first-order chi connectivity index (χ1) is 7.22. The highest BCUT2D eigenvalue weighted by Crippen LogP contribution is 2.30. The van der Waals surface area contributed by atoms with Gasteiger partial charge in [-0.25, -0.2) is 4.39 Å². The molecule has 2 rings (SSSR count). The average molecular weight is 270 g/mol. The standard InChI is InChI=1S/C10H5BrFNO2/c11-9-8(5-14)13-15-10(9)6-2-1-3-7(12)4-6/h1-5H. The number of benzene rings is 1. The lowest BCUT2D eigenvalue weighted by molar-refractivity contribution is 0.111. The number of hydrogen-bond acceptors (Lipinski definition) is 3. The van der Waals surface area contributed by atoms with Crippen LogP contribution in [0.2, 0.25) is 0 Å². The molecule has 0 aliphatic carbocycles. The predicted molar refractivity (Wildman–Crippen MR) is 55.0 cm³/mol. The third-order valence-electron chi connectivity index (χ3n) is 1.86. The van der Waals surface area contributed by atoms with Crippen molar-refractivity contribution in [1.29, 1.82) is 0 Å². The fourth-order valence-corrected chi connectivity index (χ4v) is 1.64. The quantitative estimate of drug-likeness (QED) is 0.787. The minimum Gasteiger partial charge on any atom is -0.354 e. The van der Waals surface area contributed by atoms with Gasteiger partial charge in [0, 0.05) is 5.56 Å². The van der Waals surface area contributed by atoms with Crippen LogP contribution in [-0.4, -0.2) is 11.4 Å². The highest BCUT2D eigenvalue weighted by Gasteiger charge is 2.14. The second kappa shape index (κ2) is 3.94. The monoisotopic (exact) mass is 269 g/mol. The second-order valence-electron chi connectivity index (χ2n) is 2.84. The van der Waals surface area contributed by atoms with Crippen molar-refractivity contribution in [3.8, 4) is 11.3 Å². The number of aromatic nitrogens is 1. The summed E-state index contributed by atoms with van der Waals surface area (Å²) in [5.41, 5.74) is 0.691. The Morgan fingerprint density at radius 1 is 1.47 bits per heavy atom. The zero-order chi connectivity index (χ0) is 10.8. The minimum atomic E-state index is -0.372. The van der Waals surface area contributed by atoms with E-state index in [1.54, 1.807) is 12.1 Å². The van der Waals surface area contributed by atoms with Gasteiger partial charge in [0.05, 0.1) is 4.47 Å². The Labute approximate surface area is 93.0 Å². The Hall–Kier alpha value is -1.49. The lowest BCUT2D eigenvalue weighted by Crippen LogP contribution is -1.80. The van der Waals surface area contributed by atoms with Gasteiger partial charge in [-0.2, -0.15) is 0 Å². The van der Waals surface area contributed by atoms with Gasteiger partial charge < -0.3 is 4.52 Å². The molecule has 0 N–H and O–H groups in total. The van der Waals surface area contributed by atoms with Gasteiger partial charge in [0.15, 0.2) is 17.7 Å². The summed E-state index contributed by atoms with van der Waals surface area (Å²) in [6.45, 7) is 0. The zero-order valence-electron chi connectivity index (χ0n) is 7.41. The van der Waals surface area contributed by atoms with Crippen LogP contribution in [-0.2, 0) is 0 Å². The van der Waals surface area contributed by atoms with Crippen LogP contribution in [0.4, 0.5) is 4.39 Å². The molecule has 0 radical (unpaired) electrons. The number of rotatable bonds is 2. The number of carbonyl (C=O) groups excluding carboxylic acids is 1. The van der Waals surface area contributed by atoms with E-state index in [1.165, 1.54) is 12.1 Å². The van der Waals surface area contributed by atoms with Crippen molar-refractivity contribution >= 4 is 22.2 Å². The second-order valence-corrected chi connectivity index (χ2v) is 3.63. The summed E-state index contributed by atoms with van der Waals surface area (Å²) in [7, 11) is 0. The number of halogens is 2. The van der Waals surface area contributed by atoms with Gasteiger partial charge in [-0.05, 0) is 28.1 Å². The van der Waals surface area contributed by atoms with Crippen molar-refractivity contribution in [3.05, 3.63) is 40.2 Å². The molecule has 0 bridgehead atoms. The van der Waals surface area contributed by atoms with Gasteiger partial charge in [0.2, 0.25) is 0 Å². The largest absolute Gasteiger partial charge is 0.354 e. The van der Waals surface area contributed by atoms with Gasteiger partial charge in [-0.15, -0.1) is 0 Å². The predicted octanol–water partition coefficient (Wildman–Crippen LogP) is 3.06. The SMILES string of the molecule is O=Cc1noc(-c2cccc(F)c2)c1Br. The maximum Gasteiger partial charge on any atom is 0.181 e. The first kappa shape index (κ1) is 10.0. The molecule has 0 fully saturated rings. The van der Waals surface area contributed by atoms with Crippen molar-refractivity contribution < 1.29 is 13.7 Å². The number of carbonyl (C=O) groups is 1. The van der Waals surface area contributed by atoms with Crippen LogP contribution in [0.5, 0.6) is 0 Å². The van der Waals surface area contributed by atoms with E-state index in [4.69, 9.17) is 4.52 Å². The third-order valence-corrected chi connectivity index (χ3v) is 2.62. The Morgan fingerprint density at radius 2 is 2.27 bits per heavy atom. The fourth-order valence-electron chi connectivity index (χ4n) is 1.17. The first-order valence-electron chi connectivity index (χ1n) is 4.08. The molecule has 1 aromatic carbocycles. The maximum atomic E-state index is 12.9. The van der Waals surface area contributed by atoms with E-state index in [2.05, 4.69) is 21.1 Å². The molecule has 1 heterocycles. The molecule has 76 valence electrons. The van der Waals surface area contributed by atoms with Gasteiger partial charge in [0.1, 0.15) is 5.82 Å². The van der Waals surface area contributed by atoms with Crippen LogP contribution in [0, 0.1) is 5.82 Å². The van der Waals surface area contributed by atoms with E-state index >= 15 is 0 Å². The summed E-state index contributed by atoms with van der Waals surface area (Å²) in [5.74, 6) is -0.0277. The summed E-state index contributed by atoms with van der Waals surface area (Å²) in [6, 6.07) is 5.86. The molecule has 5 heteroatoms. The summed E-state index contributed by atoms with van der Waals surface area (Å²) in [5, 5.41) is 3.53. The van der Waals surface area contributed by atoms with Crippen molar-refractivity contribution in [3.63, 3.8) is 0 Å².